The lowest BCUT2D eigenvalue weighted by atomic mass is 10.2. The normalized spacial score (nSPS) is 20.1. The summed E-state index contributed by atoms with van der Waals surface area (Å²) < 4.78 is 32.0. The SMILES string of the molecule is CNCc1cc(S(=O)(=O)N2CCC(OC)C2)c(Cl)cc1Cl. The predicted octanol–water partition coefficient (Wildman–Crippen LogP) is 2.12. The number of rotatable bonds is 5. The maximum Gasteiger partial charge on any atom is 0.244 e. The lowest BCUT2D eigenvalue weighted by Gasteiger charge is -2.18. The van der Waals surface area contributed by atoms with Crippen molar-refractivity contribution in [1.82, 2.24) is 9.62 Å². The summed E-state index contributed by atoms with van der Waals surface area (Å²) in [7, 11) is -0.284. The Balaban J connectivity index is 2.38. The van der Waals surface area contributed by atoms with E-state index in [2.05, 4.69) is 5.32 Å². The van der Waals surface area contributed by atoms with Crippen molar-refractivity contribution in [2.24, 2.45) is 0 Å². The molecular formula is C13H18Cl2N2O3S. The van der Waals surface area contributed by atoms with Gasteiger partial charge in [-0.3, -0.25) is 0 Å². The molecule has 1 heterocycles. The van der Waals surface area contributed by atoms with E-state index in [-0.39, 0.29) is 16.0 Å². The molecule has 1 saturated heterocycles. The van der Waals surface area contributed by atoms with E-state index in [0.29, 0.717) is 36.6 Å². The quantitative estimate of drug-likeness (QED) is 0.881. The largest absolute Gasteiger partial charge is 0.380 e. The maximum absolute atomic E-state index is 12.7. The van der Waals surface area contributed by atoms with Crippen LogP contribution in [-0.4, -0.2) is 46.1 Å². The lowest BCUT2D eigenvalue weighted by molar-refractivity contribution is 0.115. The topological polar surface area (TPSA) is 58.6 Å². The Bertz CT molecular complexity index is 622. The summed E-state index contributed by atoms with van der Waals surface area (Å²) in [6, 6.07) is 3.02. The van der Waals surface area contributed by atoms with Gasteiger partial charge in [0.25, 0.3) is 0 Å². The zero-order chi connectivity index (χ0) is 15.6. The van der Waals surface area contributed by atoms with E-state index in [9.17, 15) is 8.42 Å². The van der Waals surface area contributed by atoms with Gasteiger partial charge in [-0.15, -0.1) is 0 Å². The summed E-state index contributed by atoms with van der Waals surface area (Å²) in [6.45, 7) is 1.25. The molecule has 1 unspecified atom stereocenters. The summed E-state index contributed by atoms with van der Waals surface area (Å²) in [6.07, 6.45) is 0.618. The van der Waals surface area contributed by atoms with Crippen LogP contribution in [0.1, 0.15) is 12.0 Å². The highest BCUT2D eigenvalue weighted by Gasteiger charge is 2.34. The monoisotopic (exact) mass is 352 g/mol. The van der Waals surface area contributed by atoms with Crippen LogP contribution in [0.25, 0.3) is 0 Å². The zero-order valence-corrected chi connectivity index (χ0v) is 14.2. The van der Waals surface area contributed by atoms with Crippen molar-refractivity contribution in [3.63, 3.8) is 0 Å². The van der Waals surface area contributed by atoms with Crippen molar-refractivity contribution in [1.29, 1.82) is 0 Å². The average Bonchev–Trinajstić information content (AvgIpc) is 2.91. The summed E-state index contributed by atoms with van der Waals surface area (Å²) >= 11 is 12.2. The average molecular weight is 353 g/mol. The van der Waals surface area contributed by atoms with E-state index < -0.39 is 10.0 Å². The smallest absolute Gasteiger partial charge is 0.244 e. The molecule has 0 amide bonds. The van der Waals surface area contributed by atoms with Crippen LogP contribution in [0.4, 0.5) is 0 Å². The van der Waals surface area contributed by atoms with E-state index in [0.717, 1.165) is 0 Å². The first kappa shape index (κ1) is 17.0. The molecule has 1 aromatic carbocycles. The van der Waals surface area contributed by atoms with Crippen LogP contribution in [0.3, 0.4) is 0 Å². The van der Waals surface area contributed by atoms with Gasteiger partial charge in [-0.25, -0.2) is 8.42 Å². The van der Waals surface area contributed by atoms with Gasteiger partial charge in [0, 0.05) is 31.8 Å². The molecule has 0 bridgehead atoms. The molecule has 0 saturated carbocycles. The van der Waals surface area contributed by atoms with E-state index in [1.54, 1.807) is 14.2 Å². The highest BCUT2D eigenvalue weighted by atomic mass is 35.5. The van der Waals surface area contributed by atoms with Gasteiger partial charge in [-0.1, -0.05) is 23.2 Å². The molecule has 1 aromatic rings. The number of sulfonamides is 1. The Morgan fingerprint density at radius 1 is 1.38 bits per heavy atom. The second-order valence-electron chi connectivity index (χ2n) is 4.91. The van der Waals surface area contributed by atoms with E-state index >= 15 is 0 Å². The van der Waals surface area contributed by atoms with Crippen molar-refractivity contribution in [3.05, 3.63) is 27.7 Å². The number of hydrogen-bond donors (Lipinski definition) is 1. The van der Waals surface area contributed by atoms with Gasteiger partial charge >= 0.3 is 0 Å². The summed E-state index contributed by atoms with van der Waals surface area (Å²) in [5.41, 5.74) is 0.699. The third kappa shape index (κ3) is 3.52. The number of halogens is 2. The third-order valence-corrected chi connectivity index (χ3v) is 6.21. The molecule has 0 radical (unpaired) electrons. The van der Waals surface area contributed by atoms with Crippen molar-refractivity contribution in [2.75, 3.05) is 27.2 Å². The molecule has 1 aliphatic rings. The Morgan fingerprint density at radius 3 is 2.67 bits per heavy atom. The van der Waals surface area contributed by atoms with Crippen LogP contribution in [0.2, 0.25) is 10.0 Å². The molecule has 1 aliphatic heterocycles. The molecule has 0 aromatic heterocycles. The van der Waals surface area contributed by atoms with Gasteiger partial charge in [0.15, 0.2) is 0 Å². The lowest BCUT2D eigenvalue weighted by Crippen LogP contribution is -2.30. The van der Waals surface area contributed by atoms with Crippen LogP contribution in [0.5, 0.6) is 0 Å². The highest BCUT2D eigenvalue weighted by molar-refractivity contribution is 7.89. The second kappa shape index (κ2) is 6.81. The molecule has 0 spiro atoms. The van der Waals surface area contributed by atoms with Crippen LogP contribution in [0.15, 0.2) is 17.0 Å². The fourth-order valence-corrected chi connectivity index (χ4v) is 4.67. The number of benzene rings is 1. The molecule has 1 N–H and O–H groups in total. The van der Waals surface area contributed by atoms with Gasteiger partial charge in [0.05, 0.1) is 11.1 Å². The van der Waals surface area contributed by atoms with Crippen molar-refractivity contribution in [3.8, 4) is 0 Å². The zero-order valence-electron chi connectivity index (χ0n) is 11.9. The Hall–Kier alpha value is -0.370. The van der Waals surface area contributed by atoms with Crippen LogP contribution < -0.4 is 5.32 Å². The van der Waals surface area contributed by atoms with Crippen LogP contribution in [0, 0.1) is 0 Å². The van der Waals surface area contributed by atoms with Gasteiger partial charge in [0.2, 0.25) is 10.0 Å². The molecule has 2 rings (SSSR count). The first-order valence-electron chi connectivity index (χ1n) is 6.55. The minimum atomic E-state index is -3.63. The minimum absolute atomic E-state index is 0.0670. The number of methoxy groups -OCH3 is 1. The predicted molar refractivity (Wildman–Crippen MR) is 83.4 cm³/mol. The molecule has 0 aliphatic carbocycles. The molecule has 1 fully saturated rings. The number of hydrogen-bond acceptors (Lipinski definition) is 4. The highest BCUT2D eigenvalue weighted by Crippen LogP contribution is 2.32. The molecule has 21 heavy (non-hydrogen) atoms. The minimum Gasteiger partial charge on any atom is -0.380 e. The maximum atomic E-state index is 12.7. The number of ether oxygens (including phenoxy) is 1. The van der Waals surface area contributed by atoms with Gasteiger partial charge < -0.3 is 10.1 Å². The Labute approximate surface area is 135 Å². The molecule has 5 nitrogen and oxygen atoms in total. The summed E-state index contributed by atoms with van der Waals surface area (Å²) in [4.78, 5) is 0.0931. The van der Waals surface area contributed by atoms with Gasteiger partial charge in [-0.2, -0.15) is 4.31 Å². The van der Waals surface area contributed by atoms with Crippen molar-refractivity contribution < 1.29 is 13.2 Å². The number of nitrogens with one attached hydrogen (secondary N) is 1. The third-order valence-electron chi connectivity index (χ3n) is 3.53. The van der Waals surface area contributed by atoms with E-state index in [1.807, 2.05) is 0 Å². The molecule has 118 valence electrons. The molecule has 1 atom stereocenters. The molecular weight excluding hydrogens is 335 g/mol. The second-order valence-corrected chi connectivity index (χ2v) is 7.63. The fraction of sp³-hybridized carbons (Fsp3) is 0.538. The Kier molecular flexibility index (Phi) is 5.51. The number of nitrogens with zero attached hydrogens (tertiary/aromatic N) is 1. The fourth-order valence-electron chi connectivity index (χ4n) is 2.34. The van der Waals surface area contributed by atoms with Crippen molar-refractivity contribution in [2.45, 2.75) is 24.0 Å². The Morgan fingerprint density at radius 2 is 2.10 bits per heavy atom. The van der Waals surface area contributed by atoms with Gasteiger partial charge in [0.1, 0.15) is 4.90 Å². The van der Waals surface area contributed by atoms with Crippen LogP contribution in [-0.2, 0) is 21.3 Å². The standard InChI is InChI=1S/C13H18Cl2N2O3S/c1-16-7-9-5-13(12(15)6-11(9)14)21(18,19)17-4-3-10(8-17)20-2/h5-6,10,16H,3-4,7-8H2,1-2H3. The molecule has 8 heteroatoms. The van der Waals surface area contributed by atoms with Gasteiger partial charge in [-0.05, 0) is 31.2 Å². The first-order valence-corrected chi connectivity index (χ1v) is 8.75. The summed E-state index contributed by atoms with van der Waals surface area (Å²) in [5, 5.41) is 3.54. The van der Waals surface area contributed by atoms with E-state index in [4.69, 9.17) is 27.9 Å². The summed E-state index contributed by atoms with van der Waals surface area (Å²) in [5.74, 6) is 0. The van der Waals surface area contributed by atoms with Crippen LogP contribution >= 0.6 is 23.2 Å². The first-order chi connectivity index (χ1) is 9.90. The van der Waals surface area contributed by atoms with E-state index in [1.165, 1.54) is 16.4 Å². The van der Waals surface area contributed by atoms with Crippen molar-refractivity contribution >= 4 is 33.2 Å².